The smallest absolute Gasteiger partial charge is 0.326 e. The minimum Gasteiger partial charge on any atom is -0.480 e. The first kappa shape index (κ1) is 14.6. The van der Waals surface area contributed by atoms with Crippen molar-refractivity contribution in [3.05, 3.63) is 39.9 Å². The number of rotatable bonds is 6. The van der Waals surface area contributed by atoms with E-state index in [4.69, 9.17) is 5.11 Å². The highest BCUT2D eigenvalue weighted by molar-refractivity contribution is 5.82. The fraction of sp³-hybridized carbons (Fsp3) is 0.333. The quantitative estimate of drug-likeness (QED) is 0.592. The number of carboxylic acids is 1. The van der Waals surface area contributed by atoms with Gasteiger partial charge in [-0.2, -0.15) is 0 Å². The Balaban J connectivity index is 2.61. The molecule has 0 saturated heterocycles. The van der Waals surface area contributed by atoms with E-state index in [1.54, 1.807) is 12.1 Å². The zero-order chi connectivity index (χ0) is 14.4. The Kier molecular flexibility index (Phi) is 4.99. The Morgan fingerprint density at radius 3 is 2.37 bits per heavy atom. The van der Waals surface area contributed by atoms with Crippen LogP contribution in [-0.2, 0) is 16.0 Å². The van der Waals surface area contributed by atoms with Crippen LogP contribution in [0.5, 0.6) is 0 Å². The molecule has 0 aliphatic carbocycles. The summed E-state index contributed by atoms with van der Waals surface area (Å²) in [5, 5.41) is 21.7. The van der Waals surface area contributed by atoms with Crippen molar-refractivity contribution in [3.8, 4) is 0 Å². The van der Waals surface area contributed by atoms with Crippen molar-refractivity contribution in [1.82, 2.24) is 5.32 Å². The van der Waals surface area contributed by atoms with E-state index in [9.17, 15) is 19.7 Å². The van der Waals surface area contributed by atoms with Crippen LogP contribution >= 0.6 is 0 Å². The Morgan fingerprint density at radius 2 is 1.95 bits per heavy atom. The summed E-state index contributed by atoms with van der Waals surface area (Å²) in [5.74, 6) is -1.51. The Morgan fingerprint density at radius 1 is 1.37 bits per heavy atom. The van der Waals surface area contributed by atoms with Crippen molar-refractivity contribution in [2.45, 2.75) is 25.8 Å². The first-order valence-corrected chi connectivity index (χ1v) is 5.63. The van der Waals surface area contributed by atoms with E-state index in [0.717, 1.165) is 5.56 Å². The van der Waals surface area contributed by atoms with Crippen LogP contribution in [0.1, 0.15) is 18.9 Å². The number of nitro benzene ring substituents is 1. The maximum absolute atomic E-state index is 10.9. The lowest BCUT2D eigenvalue weighted by Gasteiger charge is -2.12. The van der Waals surface area contributed by atoms with Crippen LogP contribution in [0.2, 0.25) is 0 Å². The van der Waals surface area contributed by atoms with Gasteiger partial charge in [-0.25, -0.2) is 4.79 Å². The van der Waals surface area contributed by atoms with Gasteiger partial charge in [0.25, 0.3) is 5.69 Å². The number of aliphatic carboxylic acids is 1. The van der Waals surface area contributed by atoms with E-state index in [-0.39, 0.29) is 12.1 Å². The molecule has 0 unspecified atom stereocenters. The summed E-state index contributed by atoms with van der Waals surface area (Å²) in [4.78, 5) is 31.7. The van der Waals surface area contributed by atoms with Crippen LogP contribution in [-0.4, -0.2) is 27.9 Å². The number of nitrogens with zero attached hydrogens (tertiary/aromatic N) is 1. The zero-order valence-corrected chi connectivity index (χ0v) is 10.3. The summed E-state index contributed by atoms with van der Waals surface area (Å²) in [6.07, 6.45) is 0.641. The highest BCUT2D eigenvalue weighted by atomic mass is 16.6. The van der Waals surface area contributed by atoms with Crippen LogP contribution in [0.4, 0.5) is 5.69 Å². The van der Waals surface area contributed by atoms with E-state index >= 15 is 0 Å². The molecule has 1 amide bonds. The van der Waals surface area contributed by atoms with Gasteiger partial charge < -0.3 is 10.4 Å². The van der Waals surface area contributed by atoms with Gasteiger partial charge in [-0.15, -0.1) is 0 Å². The summed E-state index contributed by atoms with van der Waals surface area (Å²) in [6.45, 7) is 1.25. The molecule has 0 spiro atoms. The molecule has 1 aromatic rings. The first-order valence-electron chi connectivity index (χ1n) is 5.63. The molecule has 1 atom stereocenters. The van der Waals surface area contributed by atoms with Gasteiger partial charge in [0.15, 0.2) is 0 Å². The number of non-ortho nitro benzene ring substituents is 1. The Labute approximate surface area is 109 Å². The third-order valence-electron chi connectivity index (χ3n) is 2.54. The fourth-order valence-electron chi connectivity index (χ4n) is 1.60. The number of nitrogens with one attached hydrogen (secondary N) is 1. The molecule has 0 fully saturated rings. The van der Waals surface area contributed by atoms with Gasteiger partial charge in [0.05, 0.1) is 4.92 Å². The van der Waals surface area contributed by atoms with Crippen LogP contribution in [0.3, 0.4) is 0 Å². The summed E-state index contributed by atoms with van der Waals surface area (Å²) in [6, 6.07) is 4.93. The van der Waals surface area contributed by atoms with Gasteiger partial charge in [0.2, 0.25) is 5.91 Å². The lowest BCUT2D eigenvalue weighted by Crippen LogP contribution is -2.39. The second-order valence-corrected chi connectivity index (χ2v) is 4.05. The summed E-state index contributed by atoms with van der Waals surface area (Å²) >= 11 is 0. The van der Waals surface area contributed by atoms with E-state index in [0.29, 0.717) is 6.42 Å². The van der Waals surface area contributed by atoms with E-state index in [2.05, 4.69) is 5.32 Å². The number of carbonyl (C=O) groups excluding carboxylic acids is 1. The van der Waals surface area contributed by atoms with Gasteiger partial charge in [-0.1, -0.05) is 12.1 Å². The number of nitro groups is 1. The second-order valence-electron chi connectivity index (χ2n) is 4.05. The highest BCUT2D eigenvalue weighted by Crippen LogP contribution is 2.13. The highest BCUT2D eigenvalue weighted by Gasteiger charge is 2.18. The standard InChI is InChI=1S/C12H14N2O5/c1-8(15)13-11(12(16)17)7-4-9-2-5-10(6-3-9)14(18)19/h2-3,5-6,11H,4,7H2,1H3,(H,13,15)(H,16,17)/t11-/m0/s1. The molecule has 0 heterocycles. The molecule has 1 rings (SSSR count). The number of carboxylic acid groups (broad SMARTS) is 1. The minimum atomic E-state index is -1.10. The molecule has 7 heteroatoms. The molecular weight excluding hydrogens is 252 g/mol. The van der Waals surface area contributed by atoms with Gasteiger partial charge in [-0.05, 0) is 18.4 Å². The molecular formula is C12H14N2O5. The summed E-state index contributed by atoms with van der Waals surface area (Å²) < 4.78 is 0. The van der Waals surface area contributed by atoms with Crippen LogP contribution in [0.25, 0.3) is 0 Å². The molecule has 0 saturated carbocycles. The van der Waals surface area contributed by atoms with Gasteiger partial charge >= 0.3 is 5.97 Å². The average molecular weight is 266 g/mol. The van der Waals surface area contributed by atoms with Crippen molar-refractivity contribution in [2.24, 2.45) is 0 Å². The number of carbonyl (C=O) groups is 2. The fourth-order valence-corrected chi connectivity index (χ4v) is 1.60. The predicted octanol–water partition coefficient (Wildman–Crippen LogP) is 1.12. The second kappa shape index (κ2) is 6.48. The third-order valence-corrected chi connectivity index (χ3v) is 2.54. The molecule has 19 heavy (non-hydrogen) atoms. The third kappa shape index (κ3) is 4.74. The molecule has 2 N–H and O–H groups in total. The molecule has 102 valence electrons. The van der Waals surface area contributed by atoms with Gasteiger partial charge in [0, 0.05) is 19.1 Å². The minimum absolute atomic E-state index is 0.0135. The lowest BCUT2D eigenvalue weighted by molar-refractivity contribution is -0.384. The number of aryl methyl sites for hydroxylation is 1. The van der Waals surface area contributed by atoms with E-state index < -0.39 is 22.8 Å². The van der Waals surface area contributed by atoms with Crippen molar-refractivity contribution in [1.29, 1.82) is 0 Å². The Bertz CT molecular complexity index is 483. The zero-order valence-electron chi connectivity index (χ0n) is 10.3. The van der Waals surface area contributed by atoms with Crippen molar-refractivity contribution < 1.29 is 19.6 Å². The molecule has 0 aliphatic rings. The van der Waals surface area contributed by atoms with Gasteiger partial charge in [-0.3, -0.25) is 14.9 Å². The van der Waals surface area contributed by atoms with Crippen molar-refractivity contribution in [2.75, 3.05) is 0 Å². The first-order chi connectivity index (χ1) is 8.90. The lowest BCUT2D eigenvalue weighted by atomic mass is 10.0. The number of hydrogen-bond donors (Lipinski definition) is 2. The molecule has 7 nitrogen and oxygen atoms in total. The van der Waals surface area contributed by atoms with Crippen LogP contribution in [0.15, 0.2) is 24.3 Å². The maximum atomic E-state index is 10.9. The topological polar surface area (TPSA) is 110 Å². The Hall–Kier alpha value is -2.44. The molecule has 0 radical (unpaired) electrons. The van der Waals surface area contributed by atoms with Crippen LogP contribution in [0, 0.1) is 10.1 Å². The number of hydrogen-bond acceptors (Lipinski definition) is 4. The molecule has 1 aromatic carbocycles. The van der Waals surface area contributed by atoms with E-state index in [1.165, 1.54) is 19.1 Å². The normalized spacial score (nSPS) is 11.6. The SMILES string of the molecule is CC(=O)N[C@@H](CCc1ccc([N+](=O)[O-])cc1)C(=O)O. The average Bonchev–Trinajstić information content (AvgIpc) is 2.34. The molecule has 0 aliphatic heterocycles. The number of benzene rings is 1. The summed E-state index contributed by atoms with van der Waals surface area (Å²) in [5.41, 5.74) is 0.766. The monoisotopic (exact) mass is 266 g/mol. The van der Waals surface area contributed by atoms with E-state index in [1.807, 2.05) is 0 Å². The van der Waals surface area contributed by atoms with Crippen LogP contribution < -0.4 is 5.32 Å². The summed E-state index contributed by atoms with van der Waals surface area (Å²) in [7, 11) is 0. The molecule has 0 bridgehead atoms. The predicted molar refractivity (Wildman–Crippen MR) is 66.7 cm³/mol. The van der Waals surface area contributed by atoms with Gasteiger partial charge in [0.1, 0.15) is 6.04 Å². The van der Waals surface area contributed by atoms with Crippen molar-refractivity contribution in [3.63, 3.8) is 0 Å². The number of amides is 1. The molecule has 0 aromatic heterocycles. The maximum Gasteiger partial charge on any atom is 0.326 e. The van der Waals surface area contributed by atoms with Crippen molar-refractivity contribution >= 4 is 17.6 Å². The largest absolute Gasteiger partial charge is 0.480 e.